The van der Waals surface area contributed by atoms with Crippen molar-refractivity contribution in [3.05, 3.63) is 12.7 Å². The zero-order valence-corrected chi connectivity index (χ0v) is 8.60. The topological polar surface area (TPSA) is 15.3 Å². The molecule has 1 aliphatic rings. The van der Waals surface area contributed by atoms with Crippen molar-refractivity contribution in [3.8, 4) is 0 Å². The fourth-order valence-electron chi connectivity index (χ4n) is 1.75. The van der Waals surface area contributed by atoms with Gasteiger partial charge in [-0.3, -0.25) is 0 Å². The number of rotatable bonds is 6. The summed E-state index contributed by atoms with van der Waals surface area (Å²) in [5.41, 5.74) is 0. The second kappa shape index (κ2) is 7.10. The molecule has 0 bridgehead atoms. The van der Waals surface area contributed by atoms with E-state index in [2.05, 4.69) is 16.8 Å². The Kier molecular flexibility index (Phi) is 5.87. The van der Waals surface area contributed by atoms with Crippen LogP contribution in [0.3, 0.4) is 0 Å². The molecular weight excluding hydrogens is 160 g/mol. The predicted octanol–water partition coefficient (Wildman–Crippen LogP) is 1.64. The van der Waals surface area contributed by atoms with Crippen LogP contribution in [0.4, 0.5) is 0 Å². The van der Waals surface area contributed by atoms with E-state index < -0.39 is 0 Å². The molecular formula is C11H22N2. The molecule has 0 radical (unpaired) electrons. The minimum absolute atomic E-state index is 1.08. The number of nitrogens with one attached hydrogen (secondary N) is 1. The van der Waals surface area contributed by atoms with E-state index in [0.717, 1.165) is 19.5 Å². The SMILES string of the molecule is C=CCCNCCN1CCCCC1. The molecule has 1 rings (SSSR count). The molecule has 1 N–H and O–H groups in total. The molecule has 1 aliphatic heterocycles. The van der Waals surface area contributed by atoms with Gasteiger partial charge in [-0.1, -0.05) is 12.5 Å². The quantitative estimate of drug-likeness (QED) is 0.496. The highest BCUT2D eigenvalue weighted by Crippen LogP contribution is 2.07. The maximum Gasteiger partial charge on any atom is 0.0107 e. The Morgan fingerprint density at radius 3 is 2.62 bits per heavy atom. The molecule has 0 aromatic heterocycles. The van der Waals surface area contributed by atoms with E-state index in [1.807, 2.05) is 6.08 Å². The van der Waals surface area contributed by atoms with Gasteiger partial charge in [0.1, 0.15) is 0 Å². The van der Waals surface area contributed by atoms with E-state index in [1.54, 1.807) is 0 Å². The van der Waals surface area contributed by atoms with Crippen LogP contribution in [0.2, 0.25) is 0 Å². The van der Waals surface area contributed by atoms with E-state index in [1.165, 1.54) is 38.9 Å². The number of hydrogen-bond acceptors (Lipinski definition) is 2. The molecule has 0 saturated carbocycles. The van der Waals surface area contributed by atoms with Crippen LogP contribution in [0.1, 0.15) is 25.7 Å². The third-order valence-electron chi connectivity index (χ3n) is 2.58. The van der Waals surface area contributed by atoms with Crippen molar-refractivity contribution in [2.24, 2.45) is 0 Å². The molecule has 0 amide bonds. The van der Waals surface area contributed by atoms with Gasteiger partial charge in [0.05, 0.1) is 0 Å². The van der Waals surface area contributed by atoms with Gasteiger partial charge in [-0.2, -0.15) is 0 Å². The zero-order valence-electron chi connectivity index (χ0n) is 8.60. The van der Waals surface area contributed by atoms with Gasteiger partial charge in [-0.15, -0.1) is 6.58 Å². The molecule has 0 spiro atoms. The predicted molar refractivity (Wildman–Crippen MR) is 58.0 cm³/mol. The van der Waals surface area contributed by atoms with Crippen LogP contribution < -0.4 is 5.32 Å². The molecule has 2 heteroatoms. The van der Waals surface area contributed by atoms with Crippen LogP contribution in [0, 0.1) is 0 Å². The van der Waals surface area contributed by atoms with Gasteiger partial charge >= 0.3 is 0 Å². The summed E-state index contributed by atoms with van der Waals surface area (Å²) in [6.45, 7) is 9.75. The monoisotopic (exact) mass is 182 g/mol. The first-order chi connectivity index (χ1) is 6.43. The van der Waals surface area contributed by atoms with Crippen molar-refractivity contribution in [1.82, 2.24) is 10.2 Å². The molecule has 1 saturated heterocycles. The highest BCUT2D eigenvalue weighted by Gasteiger charge is 2.08. The first-order valence-corrected chi connectivity index (χ1v) is 5.47. The Hall–Kier alpha value is -0.340. The number of piperidine rings is 1. The third-order valence-corrected chi connectivity index (χ3v) is 2.58. The fourth-order valence-corrected chi connectivity index (χ4v) is 1.75. The standard InChI is InChI=1S/C11H22N2/c1-2-3-7-12-8-11-13-9-5-4-6-10-13/h2,12H,1,3-11H2. The highest BCUT2D eigenvalue weighted by molar-refractivity contribution is 4.69. The fraction of sp³-hybridized carbons (Fsp3) is 0.818. The Bertz CT molecular complexity index is 128. The van der Waals surface area contributed by atoms with E-state index in [-0.39, 0.29) is 0 Å². The summed E-state index contributed by atoms with van der Waals surface area (Å²) in [5, 5.41) is 3.42. The summed E-state index contributed by atoms with van der Waals surface area (Å²) in [6.07, 6.45) is 7.27. The van der Waals surface area contributed by atoms with Crippen LogP contribution in [0.15, 0.2) is 12.7 Å². The van der Waals surface area contributed by atoms with Crippen LogP contribution >= 0.6 is 0 Å². The molecule has 0 aromatic carbocycles. The Morgan fingerprint density at radius 1 is 1.15 bits per heavy atom. The first-order valence-electron chi connectivity index (χ1n) is 5.47. The zero-order chi connectivity index (χ0) is 9.36. The van der Waals surface area contributed by atoms with E-state index in [9.17, 15) is 0 Å². The van der Waals surface area contributed by atoms with Crippen molar-refractivity contribution in [2.45, 2.75) is 25.7 Å². The van der Waals surface area contributed by atoms with Gasteiger partial charge in [-0.25, -0.2) is 0 Å². The molecule has 0 atom stereocenters. The number of nitrogens with zero attached hydrogens (tertiary/aromatic N) is 1. The van der Waals surface area contributed by atoms with Gasteiger partial charge in [0.25, 0.3) is 0 Å². The molecule has 0 aliphatic carbocycles. The van der Waals surface area contributed by atoms with Gasteiger partial charge < -0.3 is 10.2 Å². The van der Waals surface area contributed by atoms with Crippen molar-refractivity contribution >= 4 is 0 Å². The molecule has 1 fully saturated rings. The van der Waals surface area contributed by atoms with Crippen molar-refractivity contribution < 1.29 is 0 Å². The van der Waals surface area contributed by atoms with E-state index in [4.69, 9.17) is 0 Å². The van der Waals surface area contributed by atoms with Gasteiger partial charge in [0.2, 0.25) is 0 Å². The van der Waals surface area contributed by atoms with Crippen molar-refractivity contribution in [2.75, 3.05) is 32.7 Å². The lowest BCUT2D eigenvalue weighted by Gasteiger charge is -2.26. The maximum absolute atomic E-state index is 3.70. The van der Waals surface area contributed by atoms with Crippen molar-refractivity contribution in [1.29, 1.82) is 0 Å². The van der Waals surface area contributed by atoms with Crippen molar-refractivity contribution in [3.63, 3.8) is 0 Å². The second-order valence-electron chi connectivity index (χ2n) is 3.73. The second-order valence-corrected chi connectivity index (χ2v) is 3.73. The summed E-state index contributed by atoms with van der Waals surface area (Å²) < 4.78 is 0. The maximum atomic E-state index is 3.70. The largest absolute Gasteiger partial charge is 0.315 e. The Balaban J connectivity index is 1.89. The van der Waals surface area contributed by atoms with Gasteiger partial charge in [-0.05, 0) is 38.9 Å². The molecule has 13 heavy (non-hydrogen) atoms. The normalized spacial score (nSPS) is 18.8. The molecule has 0 unspecified atom stereocenters. The molecule has 0 aromatic rings. The molecule has 2 nitrogen and oxygen atoms in total. The number of likely N-dealkylation sites (tertiary alicyclic amines) is 1. The minimum atomic E-state index is 1.08. The smallest absolute Gasteiger partial charge is 0.0107 e. The summed E-state index contributed by atoms with van der Waals surface area (Å²) in [7, 11) is 0. The average molecular weight is 182 g/mol. The first kappa shape index (κ1) is 10.7. The lowest BCUT2D eigenvalue weighted by Crippen LogP contribution is -2.35. The van der Waals surface area contributed by atoms with Crippen LogP contribution in [-0.2, 0) is 0 Å². The average Bonchev–Trinajstić information content (AvgIpc) is 2.19. The van der Waals surface area contributed by atoms with Crippen LogP contribution in [0.25, 0.3) is 0 Å². The highest BCUT2D eigenvalue weighted by atomic mass is 15.1. The summed E-state index contributed by atoms with van der Waals surface area (Å²) in [5.74, 6) is 0. The third kappa shape index (κ3) is 5.06. The molecule has 76 valence electrons. The summed E-state index contributed by atoms with van der Waals surface area (Å²) in [4.78, 5) is 2.56. The van der Waals surface area contributed by atoms with Gasteiger partial charge in [0.15, 0.2) is 0 Å². The summed E-state index contributed by atoms with van der Waals surface area (Å²) in [6, 6.07) is 0. The minimum Gasteiger partial charge on any atom is -0.315 e. The van der Waals surface area contributed by atoms with Gasteiger partial charge in [0, 0.05) is 13.1 Å². The van der Waals surface area contributed by atoms with E-state index in [0.29, 0.717) is 0 Å². The van der Waals surface area contributed by atoms with Crippen LogP contribution in [-0.4, -0.2) is 37.6 Å². The van der Waals surface area contributed by atoms with E-state index >= 15 is 0 Å². The van der Waals surface area contributed by atoms with Crippen LogP contribution in [0.5, 0.6) is 0 Å². The molecule has 1 heterocycles. The Labute approximate surface area is 82.0 Å². The number of hydrogen-bond donors (Lipinski definition) is 1. The lowest BCUT2D eigenvalue weighted by atomic mass is 10.1. The Morgan fingerprint density at radius 2 is 1.92 bits per heavy atom. The summed E-state index contributed by atoms with van der Waals surface area (Å²) >= 11 is 0. The lowest BCUT2D eigenvalue weighted by molar-refractivity contribution is 0.229.